The summed E-state index contributed by atoms with van der Waals surface area (Å²) in [6.07, 6.45) is 1.55. The molecule has 0 unspecified atom stereocenters. The summed E-state index contributed by atoms with van der Waals surface area (Å²) in [5.41, 5.74) is 2.14. The van der Waals surface area contributed by atoms with Crippen LogP contribution in [0.4, 0.5) is 5.69 Å². The van der Waals surface area contributed by atoms with Gasteiger partial charge in [-0.25, -0.2) is 13.2 Å². The zero-order valence-electron chi connectivity index (χ0n) is 16.0. The van der Waals surface area contributed by atoms with Crippen LogP contribution in [0.15, 0.2) is 58.0 Å². The Morgan fingerprint density at radius 1 is 1.14 bits per heavy atom. The highest BCUT2D eigenvalue weighted by atomic mass is 32.2. The average Bonchev–Trinajstić information content (AvgIpc) is 3.01. The molecule has 4 rings (SSSR count). The van der Waals surface area contributed by atoms with Crippen molar-refractivity contribution in [1.82, 2.24) is 4.98 Å². The zero-order valence-corrected chi connectivity index (χ0v) is 16.8. The predicted molar refractivity (Wildman–Crippen MR) is 110 cm³/mol. The number of furan rings is 1. The summed E-state index contributed by atoms with van der Waals surface area (Å²) in [4.78, 5) is 16.4. The minimum Gasteiger partial charge on any atom is -0.465 e. The van der Waals surface area contributed by atoms with Crippen molar-refractivity contribution < 1.29 is 22.4 Å². The van der Waals surface area contributed by atoms with E-state index >= 15 is 0 Å². The average molecular weight is 410 g/mol. The summed E-state index contributed by atoms with van der Waals surface area (Å²) in [6.45, 7) is 3.42. The molecule has 0 radical (unpaired) electrons. The molecule has 2 aromatic carbocycles. The fourth-order valence-electron chi connectivity index (χ4n) is 3.33. The number of carbonyl (C=O) groups is 1. The summed E-state index contributed by atoms with van der Waals surface area (Å²) in [5.74, 6) is -0.137. The molecule has 0 aliphatic heterocycles. The second-order valence-corrected chi connectivity index (χ2v) is 8.28. The van der Waals surface area contributed by atoms with Crippen molar-refractivity contribution in [3.8, 4) is 0 Å². The lowest BCUT2D eigenvalue weighted by atomic mass is 10.1. The lowest BCUT2D eigenvalue weighted by Gasteiger charge is -2.12. The number of hydrogen-bond donors (Lipinski definition) is 1. The molecule has 1 N–H and O–H groups in total. The van der Waals surface area contributed by atoms with Crippen LogP contribution in [-0.2, 0) is 14.8 Å². The Balaban J connectivity index is 1.84. The topological polar surface area (TPSA) is 98.5 Å². The molecular formula is C21H18N2O5S. The van der Waals surface area contributed by atoms with Gasteiger partial charge in [-0.1, -0.05) is 18.2 Å². The molecular weight excluding hydrogens is 392 g/mol. The van der Waals surface area contributed by atoms with Crippen molar-refractivity contribution in [3.63, 3.8) is 0 Å². The van der Waals surface area contributed by atoms with Crippen LogP contribution in [0.3, 0.4) is 0 Å². The van der Waals surface area contributed by atoms with Crippen molar-refractivity contribution in [2.24, 2.45) is 0 Å². The number of hydrogen-bond acceptors (Lipinski definition) is 6. The largest absolute Gasteiger partial charge is 0.465 e. The number of aryl methyl sites for hydroxylation is 2. The maximum absolute atomic E-state index is 13.1. The quantitative estimate of drug-likeness (QED) is 0.507. The van der Waals surface area contributed by atoms with E-state index in [2.05, 4.69) is 9.71 Å². The smallest absolute Gasteiger partial charge is 0.342 e. The van der Waals surface area contributed by atoms with Gasteiger partial charge in [0.2, 0.25) is 0 Å². The second kappa shape index (κ2) is 6.89. The van der Waals surface area contributed by atoms with E-state index in [1.807, 2.05) is 0 Å². The van der Waals surface area contributed by atoms with Gasteiger partial charge in [-0.15, -0.1) is 0 Å². The first-order valence-electron chi connectivity index (χ1n) is 8.80. The van der Waals surface area contributed by atoms with E-state index in [0.717, 1.165) is 5.39 Å². The van der Waals surface area contributed by atoms with Crippen molar-refractivity contribution >= 4 is 43.6 Å². The standard InChI is InChI=1S/C21H18N2O5S/c1-12-10-17-15(19(13(2)28-17)21(24)27-3)11-16(12)23-29(25,26)18-8-4-6-14-7-5-9-22-20(14)18/h4-11,23H,1-3H3. The minimum atomic E-state index is -3.92. The number of carbonyl (C=O) groups excluding carboxylic acids is 1. The van der Waals surface area contributed by atoms with E-state index in [0.29, 0.717) is 33.5 Å². The molecule has 0 atom stereocenters. The Kier molecular flexibility index (Phi) is 4.50. The SMILES string of the molecule is COC(=O)c1c(C)oc2cc(C)c(NS(=O)(=O)c3cccc4cccnc34)cc12. The van der Waals surface area contributed by atoms with Gasteiger partial charge in [-0.05, 0) is 43.7 Å². The number of aromatic nitrogens is 1. The number of anilines is 1. The molecule has 0 aliphatic rings. The van der Waals surface area contributed by atoms with E-state index in [1.54, 1.807) is 56.4 Å². The van der Waals surface area contributed by atoms with Crippen LogP contribution < -0.4 is 4.72 Å². The molecule has 148 valence electrons. The molecule has 0 bridgehead atoms. The lowest BCUT2D eigenvalue weighted by molar-refractivity contribution is 0.0600. The van der Waals surface area contributed by atoms with E-state index in [4.69, 9.17) is 9.15 Å². The highest BCUT2D eigenvalue weighted by molar-refractivity contribution is 7.93. The Morgan fingerprint density at radius 3 is 2.66 bits per heavy atom. The molecule has 2 heterocycles. The third-order valence-electron chi connectivity index (χ3n) is 4.73. The number of fused-ring (bicyclic) bond motifs is 2. The number of methoxy groups -OCH3 is 1. The minimum absolute atomic E-state index is 0.0756. The third-order valence-corrected chi connectivity index (χ3v) is 6.13. The highest BCUT2D eigenvalue weighted by Gasteiger charge is 2.23. The van der Waals surface area contributed by atoms with Gasteiger partial charge in [-0.3, -0.25) is 9.71 Å². The van der Waals surface area contributed by atoms with E-state index < -0.39 is 16.0 Å². The number of pyridine rings is 1. The first-order valence-corrected chi connectivity index (χ1v) is 10.3. The van der Waals surface area contributed by atoms with Crippen LogP contribution in [0.25, 0.3) is 21.9 Å². The van der Waals surface area contributed by atoms with Crippen LogP contribution in [0.2, 0.25) is 0 Å². The summed E-state index contributed by atoms with van der Waals surface area (Å²) in [5, 5.41) is 1.20. The monoisotopic (exact) mass is 410 g/mol. The number of para-hydroxylation sites is 1. The Hall–Kier alpha value is -3.39. The van der Waals surface area contributed by atoms with Gasteiger partial charge in [0.15, 0.2) is 0 Å². The van der Waals surface area contributed by atoms with E-state index in [-0.39, 0.29) is 10.5 Å². The Bertz CT molecular complexity index is 1370. The van der Waals surface area contributed by atoms with Crippen molar-refractivity contribution in [2.45, 2.75) is 18.7 Å². The van der Waals surface area contributed by atoms with Crippen LogP contribution in [-0.4, -0.2) is 26.5 Å². The van der Waals surface area contributed by atoms with Gasteiger partial charge >= 0.3 is 5.97 Å². The van der Waals surface area contributed by atoms with Crippen LogP contribution in [0.1, 0.15) is 21.7 Å². The van der Waals surface area contributed by atoms with Crippen molar-refractivity contribution in [2.75, 3.05) is 11.8 Å². The summed E-state index contributed by atoms with van der Waals surface area (Å²) in [7, 11) is -2.64. The summed E-state index contributed by atoms with van der Waals surface area (Å²) >= 11 is 0. The molecule has 29 heavy (non-hydrogen) atoms. The maximum Gasteiger partial charge on any atom is 0.342 e. The van der Waals surface area contributed by atoms with Gasteiger partial charge in [0, 0.05) is 17.0 Å². The lowest BCUT2D eigenvalue weighted by Crippen LogP contribution is -2.14. The molecule has 7 nitrogen and oxygen atoms in total. The van der Waals surface area contributed by atoms with Crippen molar-refractivity contribution in [1.29, 1.82) is 0 Å². The molecule has 0 spiro atoms. The number of nitrogens with one attached hydrogen (secondary N) is 1. The number of ether oxygens (including phenoxy) is 1. The molecule has 0 saturated carbocycles. The number of benzene rings is 2. The zero-order chi connectivity index (χ0) is 20.8. The fraction of sp³-hybridized carbons (Fsp3) is 0.143. The van der Waals surface area contributed by atoms with Gasteiger partial charge in [0.25, 0.3) is 10.0 Å². The van der Waals surface area contributed by atoms with Gasteiger partial charge in [0.1, 0.15) is 21.8 Å². The van der Waals surface area contributed by atoms with Gasteiger partial charge in [0.05, 0.1) is 18.3 Å². The predicted octanol–water partition coefficient (Wildman–Crippen LogP) is 4.19. The molecule has 0 saturated heterocycles. The van der Waals surface area contributed by atoms with Gasteiger partial charge < -0.3 is 9.15 Å². The first-order chi connectivity index (χ1) is 13.8. The molecule has 0 fully saturated rings. The number of rotatable bonds is 4. The Morgan fingerprint density at radius 2 is 1.90 bits per heavy atom. The second-order valence-electron chi connectivity index (χ2n) is 6.62. The van der Waals surface area contributed by atoms with Crippen LogP contribution in [0.5, 0.6) is 0 Å². The van der Waals surface area contributed by atoms with Crippen LogP contribution >= 0.6 is 0 Å². The summed E-state index contributed by atoms with van der Waals surface area (Å²) in [6, 6.07) is 11.8. The summed E-state index contributed by atoms with van der Waals surface area (Å²) < 4.78 is 39.3. The molecule has 4 aromatic rings. The number of sulfonamides is 1. The van der Waals surface area contributed by atoms with E-state index in [9.17, 15) is 13.2 Å². The molecule has 2 aromatic heterocycles. The molecule has 0 amide bonds. The maximum atomic E-state index is 13.1. The first kappa shape index (κ1) is 18.9. The fourth-order valence-corrected chi connectivity index (χ4v) is 4.63. The third kappa shape index (κ3) is 3.21. The van der Waals surface area contributed by atoms with Crippen molar-refractivity contribution in [3.05, 3.63) is 65.5 Å². The molecule has 8 heteroatoms. The van der Waals surface area contributed by atoms with Crippen LogP contribution in [0, 0.1) is 13.8 Å². The van der Waals surface area contributed by atoms with Gasteiger partial charge in [-0.2, -0.15) is 0 Å². The molecule has 0 aliphatic carbocycles. The van der Waals surface area contributed by atoms with E-state index in [1.165, 1.54) is 13.2 Å². The Labute approximate surface area is 167 Å². The number of nitrogens with zero attached hydrogens (tertiary/aromatic N) is 1. The number of esters is 1. The highest BCUT2D eigenvalue weighted by Crippen LogP contribution is 2.32. The normalized spacial score (nSPS) is 11.7.